The molecule has 2 aromatic heterocycles. The van der Waals surface area contributed by atoms with Crippen molar-refractivity contribution in [2.45, 2.75) is 62.7 Å². The SMILES string of the molecule is [2H][C@](Nc1cc(Cl)c2ncc(C#N)c(N[C@H]3CCCC[C@H]3N)c2c1)(c1ccc(F)cc1)c1cn(C2CC2)nn1. The number of pyridine rings is 1. The van der Waals surface area contributed by atoms with Crippen LogP contribution in [0.4, 0.5) is 15.8 Å². The summed E-state index contributed by atoms with van der Waals surface area (Å²) in [6.07, 6.45) is 9.28. The highest BCUT2D eigenvalue weighted by molar-refractivity contribution is 6.35. The zero-order valence-corrected chi connectivity index (χ0v) is 21.4. The van der Waals surface area contributed by atoms with Gasteiger partial charge in [0.1, 0.15) is 17.6 Å². The molecule has 2 fully saturated rings. The number of nitrogens with two attached hydrogens (primary N) is 1. The smallest absolute Gasteiger partial charge is 0.123 e. The van der Waals surface area contributed by atoms with Gasteiger partial charge in [0.15, 0.2) is 0 Å². The molecule has 4 aromatic rings. The predicted molar refractivity (Wildman–Crippen MR) is 145 cm³/mol. The summed E-state index contributed by atoms with van der Waals surface area (Å²) < 4.78 is 25.1. The molecule has 10 heteroatoms. The Balaban J connectivity index is 1.45. The minimum absolute atomic E-state index is 0.0128. The molecule has 38 heavy (non-hydrogen) atoms. The second kappa shape index (κ2) is 10.2. The van der Waals surface area contributed by atoms with Crippen molar-refractivity contribution in [2.24, 2.45) is 5.73 Å². The van der Waals surface area contributed by atoms with Crippen molar-refractivity contribution in [2.75, 3.05) is 10.6 Å². The quantitative estimate of drug-likeness (QED) is 0.279. The third-order valence-electron chi connectivity index (χ3n) is 7.28. The molecule has 0 spiro atoms. The van der Waals surface area contributed by atoms with Gasteiger partial charge in [-0.25, -0.2) is 9.07 Å². The molecule has 0 aliphatic heterocycles. The van der Waals surface area contributed by atoms with Crippen LogP contribution < -0.4 is 16.4 Å². The number of nitrogens with one attached hydrogen (secondary N) is 2. The third kappa shape index (κ3) is 4.89. The number of benzene rings is 2. The maximum absolute atomic E-state index is 13.8. The molecule has 0 unspecified atom stereocenters. The molecule has 6 rings (SSSR count). The topological polar surface area (TPSA) is 117 Å². The van der Waals surface area contributed by atoms with Gasteiger partial charge in [-0.1, -0.05) is 41.8 Å². The van der Waals surface area contributed by atoms with Gasteiger partial charge in [0.05, 0.1) is 41.4 Å². The van der Waals surface area contributed by atoms with Crippen LogP contribution in [-0.4, -0.2) is 32.1 Å². The first-order valence-corrected chi connectivity index (χ1v) is 13.2. The van der Waals surface area contributed by atoms with Gasteiger partial charge in [0.2, 0.25) is 0 Å². The van der Waals surface area contributed by atoms with Crippen LogP contribution in [0.2, 0.25) is 5.02 Å². The van der Waals surface area contributed by atoms with E-state index >= 15 is 0 Å². The molecular weight excluding hydrogens is 503 g/mol. The Morgan fingerprint density at radius 2 is 1.97 bits per heavy atom. The van der Waals surface area contributed by atoms with Crippen LogP contribution in [0, 0.1) is 17.1 Å². The minimum Gasteiger partial charge on any atom is -0.379 e. The van der Waals surface area contributed by atoms with Crippen LogP contribution in [-0.2, 0) is 0 Å². The van der Waals surface area contributed by atoms with Crippen molar-refractivity contribution in [3.05, 3.63) is 76.5 Å². The van der Waals surface area contributed by atoms with E-state index in [1.807, 2.05) is 6.07 Å². The lowest BCUT2D eigenvalue weighted by Gasteiger charge is -2.31. The van der Waals surface area contributed by atoms with Crippen molar-refractivity contribution < 1.29 is 5.76 Å². The van der Waals surface area contributed by atoms with Crippen LogP contribution >= 0.6 is 11.6 Å². The Bertz CT molecular complexity index is 1560. The third-order valence-corrected chi connectivity index (χ3v) is 7.57. The van der Waals surface area contributed by atoms with Crippen molar-refractivity contribution in [1.82, 2.24) is 20.0 Å². The lowest BCUT2D eigenvalue weighted by atomic mass is 9.90. The second-order valence-electron chi connectivity index (χ2n) is 10.0. The van der Waals surface area contributed by atoms with Crippen molar-refractivity contribution in [3.63, 3.8) is 0 Å². The maximum atomic E-state index is 13.8. The normalized spacial score (nSPS) is 21.4. The molecule has 2 aromatic carbocycles. The number of aromatic nitrogens is 4. The zero-order chi connectivity index (χ0) is 27.1. The molecule has 0 saturated heterocycles. The molecule has 194 valence electrons. The molecule has 4 N–H and O–H groups in total. The number of rotatable bonds is 7. The molecule has 2 saturated carbocycles. The molecule has 2 aliphatic carbocycles. The van der Waals surface area contributed by atoms with Gasteiger partial charge in [-0.2, -0.15) is 5.26 Å². The van der Waals surface area contributed by atoms with E-state index in [9.17, 15) is 11.0 Å². The molecule has 0 bridgehead atoms. The lowest BCUT2D eigenvalue weighted by molar-refractivity contribution is 0.404. The Labute approximate surface area is 226 Å². The Morgan fingerprint density at radius 3 is 2.71 bits per heavy atom. The van der Waals surface area contributed by atoms with Crippen LogP contribution in [0.15, 0.2) is 48.8 Å². The second-order valence-corrected chi connectivity index (χ2v) is 10.4. The fourth-order valence-corrected chi connectivity index (χ4v) is 5.32. The summed E-state index contributed by atoms with van der Waals surface area (Å²) >= 11 is 6.72. The van der Waals surface area contributed by atoms with E-state index < -0.39 is 11.8 Å². The number of hydrogen-bond acceptors (Lipinski definition) is 7. The van der Waals surface area contributed by atoms with E-state index in [1.54, 1.807) is 29.1 Å². The predicted octanol–water partition coefficient (Wildman–Crippen LogP) is 5.71. The first kappa shape index (κ1) is 23.4. The zero-order valence-electron chi connectivity index (χ0n) is 21.7. The van der Waals surface area contributed by atoms with Gasteiger partial charge >= 0.3 is 0 Å². The maximum Gasteiger partial charge on any atom is 0.123 e. The summed E-state index contributed by atoms with van der Waals surface area (Å²) in [6, 6.07) is 10.2. The lowest BCUT2D eigenvalue weighted by Crippen LogP contribution is -2.42. The van der Waals surface area contributed by atoms with E-state index in [2.05, 4.69) is 32.0 Å². The van der Waals surface area contributed by atoms with Gasteiger partial charge in [-0.3, -0.25) is 4.98 Å². The van der Waals surface area contributed by atoms with Gasteiger partial charge in [0.25, 0.3) is 0 Å². The summed E-state index contributed by atoms with van der Waals surface area (Å²) in [6.45, 7) is 0. The van der Waals surface area contributed by atoms with Crippen LogP contribution in [0.5, 0.6) is 0 Å². The molecule has 8 nitrogen and oxygen atoms in total. The van der Waals surface area contributed by atoms with Crippen molar-refractivity contribution >= 4 is 33.9 Å². The van der Waals surface area contributed by atoms with E-state index in [0.717, 1.165) is 38.5 Å². The van der Waals surface area contributed by atoms with E-state index in [0.29, 0.717) is 44.1 Å². The molecule has 0 radical (unpaired) electrons. The Kier molecular flexibility index (Phi) is 6.27. The Hall–Kier alpha value is -3.74. The summed E-state index contributed by atoms with van der Waals surface area (Å²) in [7, 11) is 0. The van der Waals surface area contributed by atoms with Crippen molar-refractivity contribution in [3.8, 4) is 6.07 Å². The number of hydrogen-bond donors (Lipinski definition) is 3. The summed E-state index contributed by atoms with van der Waals surface area (Å²) in [5, 5.41) is 26.2. The highest BCUT2D eigenvalue weighted by atomic mass is 35.5. The fraction of sp³-hybridized carbons (Fsp3) is 0.357. The average molecular weight is 532 g/mol. The van der Waals surface area contributed by atoms with Crippen LogP contribution in [0.1, 0.15) is 68.8 Å². The summed E-state index contributed by atoms with van der Waals surface area (Å²) in [4.78, 5) is 4.45. The number of fused-ring (bicyclic) bond motifs is 1. The minimum atomic E-state index is -1.60. The van der Waals surface area contributed by atoms with Gasteiger partial charge in [-0.05, 0) is 55.5 Å². The van der Waals surface area contributed by atoms with E-state index in [1.165, 1.54) is 18.3 Å². The molecule has 2 aliphatic rings. The van der Waals surface area contributed by atoms with Gasteiger partial charge in [0, 0.05) is 29.4 Å². The summed E-state index contributed by atoms with van der Waals surface area (Å²) in [5.74, 6) is -0.400. The number of halogens is 2. The molecule has 0 amide bonds. The largest absolute Gasteiger partial charge is 0.379 e. The molecule has 2 heterocycles. The summed E-state index contributed by atoms with van der Waals surface area (Å²) in [5.41, 5.74) is 9.31. The fourth-order valence-electron chi connectivity index (χ4n) is 5.05. The van der Waals surface area contributed by atoms with Crippen molar-refractivity contribution in [1.29, 1.82) is 5.26 Å². The average Bonchev–Trinajstić information content (AvgIpc) is 3.66. The number of anilines is 2. The standard InChI is InChI=1S/C28H28ClFN8/c29-22-12-19(11-21-26(17(13-31)14-33-28(21)22)35-24-4-2-1-3-23(24)32)34-27(16-5-7-18(30)8-6-16)25-15-38(37-36-25)20-9-10-20/h5-8,11-12,14-15,20,23-24,27,34H,1-4,9-10,32H2,(H,33,35)/t23-,24+,27+/m1/s1/i27D. The van der Waals surface area contributed by atoms with Gasteiger partial charge in [-0.15, -0.1) is 5.10 Å². The van der Waals surface area contributed by atoms with E-state index in [4.69, 9.17) is 17.3 Å². The highest BCUT2D eigenvalue weighted by Gasteiger charge is 2.28. The van der Waals surface area contributed by atoms with Crippen LogP contribution in [0.25, 0.3) is 10.9 Å². The highest BCUT2D eigenvalue weighted by Crippen LogP contribution is 2.38. The molecule has 3 atom stereocenters. The molecular formula is C28H28ClFN8. The Morgan fingerprint density at radius 1 is 1.18 bits per heavy atom. The number of nitrogens with zero attached hydrogens (tertiary/aromatic N) is 5. The van der Waals surface area contributed by atoms with Crippen LogP contribution in [0.3, 0.4) is 0 Å². The van der Waals surface area contributed by atoms with Gasteiger partial charge < -0.3 is 16.4 Å². The first-order chi connectivity index (χ1) is 18.9. The monoisotopic (exact) mass is 531 g/mol. The first-order valence-electron chi connectivity index (χ1n) is 13.4. The van der Waals surface area contributed by atoms with E-state index in [-0.39, 0.29) is 18.1 Å². The number of nitriles is 1.